The molecular formula is C25H20ClFN2O2. The maximum Gasteiger partial charge on any atom is 0.278 e. The third-order valence-electron chi connectivity index (χ3n) is 5.21. The predicted molar refractivity (Wildman–Crippen MR) is 120 cm³/mol. The molecule has 3 aromatic carbocycles. The predicted octanol–water partition coefficient (Wildman–Crippen LogP) is 5.22. The molecule has 1 heterocycles. The summed E-state index contributed by atoms with van der Waals surface area (Å²) >= 11 is 6.22. The zero-order chi connectivity index (χ0) is 22.0. The lowest BCUT2D eigenvalue weighted by atomic mass is 10.0. The van der Waals surface area contributed by atoms with Gasteiger partial charge in [0.25, 0.3) is 11.8 Å². The van der Waals surface area contributed by atoms with Crippen LogP contribution >= 0.6 is 11.6 Å². The molecule has 4 rings (SSSR count). The maximum atomic E-state index is 13.5. The van der Waals surface area contributed by atoms with Crippen LogP contribution in [0.4, 0.5) is 10.1 Å². The molecule has 4 nitrogen and oxygen atoms in total. The Balaban J connectivity index is 1.68. The molecule has 2 amide bonds. The van der Waals surface area contributed by atoms with E-state index < -0.39 is 17.6 Å². The van der Waals surface area contributed by atoms with Crippen LogP contribution in [0.1, 0.15) is 16.7 Å². The van der Waals surface area contributed by atoms with Crippen molar-refractivity contribution in [3.8, 4) is 0 Å². The van der Waals surface area contributed by atoms with Crippen molar-refractivity contribution >= 4 is 34.7 Å². The highest BCUT2D eigenvalue weighted by molar-refractivity contribution is 6.36. The summed E-state index contributed by atoms with van der Waals surface area (Å²) in [5.74, 6) is -1.24. The first-order chi connectivity index (χ1) is 14.9. The highest BCUT2D eigenvalue weighted by Crippen LogP contribution is 2.31. The van der Waals surface area contributed by atoms with E-state index in [0.29, 0.717) is 22.7 Å². The van der Waals surface area contributed by atoms with Gasteiger partial charge in [-0.3, -0.25) is 14.5 Å². The normalized spacial score (nSPS) is 13.8. The lowest BCUT2D eigenvalue weighted by molar-refractivity contribution is -0.136. The number of hydrogen-bond acceptors (Lipinski definition) is 3. The minimum atomic E-state index is -0.419. The van der Waals surface area contributed by atoms with Crippen molar-refractivity contribution < 1.29 is 14.0 Å². The molecule has 0 spiro atoms. The van der Waals surface area contributed by atoms with E-state index in [1.165, 1.54) is 29.2 Å². The summed E-state index contributed by atoms with van der Waals surface area (Å²) in [4.78, 5) is 27.7. The SMILES string of the molecule is Cc1ccc(NC2=C(c3ccc(F)cc3)C(=O)N(CCc3ccccc3)C2=O)cc1Cl. The van der Waals surface area contributed by atoms with E-state index in [9.17, 15) is 14.0 Å². The number of carbonyl (C=O) groups excluding carboxylic acids is 2. The summed E-state index contributed by atoms with van der Waals surface area (Å²) in [6.07, 6.45) is 0.540. The monoisotopic (exact) mass is 434 g/mol. The van der Waals surface area contributed by atoms with E-state index in [4.69, 9.17) is 11.6 Å². The summed E-state index contributed by atoms with van der Waals surface area (Å²) in [5, 5.41) is 3.62. The molecule has 6 heteroatoms. The number of benzene rings is 3. The molecule has 156 valence electrons. The van der Waals surface area contributed by atoms with Gasteiger partial charge in [0, 0.05) is 17.3 Å². The van der Waals surface area contributed by atoms with E-state index in [2.05, 4.69) is 5.32 Å². The van der Waals surface area contributed by atoms with E-state index in [1.807, 2.05) is 43.3 Å². The molecule has 3 aromatic rings. The molecule has 1 aliphatic rings. The van der Waals surface area contributed by atoms with Crippen LogP contribution in [0.15, 0.2) is 78.5 Å². The molecule has 0 unspecified atom stereocenters. The van der Waals surface area contributed by atoms with Crippen molar-refractivity contribution in [1.82, 2.24) is 4.90 Å². The number of halogens is 2. The zero-order valence-electron chi connectivity index (χ0n) is 16.9. The van der Waals surface area contributed by atoms with Gasteiger partial charge in [0.15, 0.2) is 0 Å². The van der Waals surface area contributed by atoms with E-state index in [1.54, 1.807) is 12.1 Å². The van der Waals surface area contributed by atoms with Gasteiger partial charge in [0.05, 0.1) is 5.57 Å². The molecule has 0 bridgehead atoms. The van der Waals surface area contributed by atoms with Crippen LogP contribution in [0.5, 0.6) is 0 Å². The fraction of sp³-hybridized carbons (Fsp3) is 0.120. The minimum Gasteiger partial charge on any atom is -0.350 e. The van der Waals surface area contributed by atoms with Crippen LogP contribution in [0, 0.1) is 12.7 Å². The van der Waals surface area contributed by atoms with Gasteiger partial charge in [-0.1, -0.05) is 60.1 Å². The number of hydrogen-bond donors (Lipinski definition) is 1. The number of carbonyl (C=O) groups is 2. The Morgan fingerprint density at radius 2 is 1.65 bits per heavy atom. The molecule has 31 heavy (non-hydrogen) atoms. The van der Waals surface area contributed by atoms with Crippen molar-refractivity contribution in [3.63, 3.8) is 0 Å². The molecular weight excluding hydrogens is 415 g/mol. The standard InChI is InChI=1S/C25H20ClFN2O2/c1-16-7-12-20(15-21(16)26)28-23-22(18-8-10-19(27)11-9-18)24(30)29(25(23)31)14-13-17-5-3-2-4-6-17/h2-12,15,28H,13-14H2,1H3. The first kappa shape index (κ1) is 20.8. The second-order valence-corrected chi connectivity index (χ2v) is 7.75. The number of amides is 2. The Labute approximate surface area is 185 Å². The average Bonchev–Trinajstić information content (AvgIpc) is 3.00. The summed E-state index contributed by atoms with van der Waals surface area (Å²) in [5.41, 5.74) is 3.37. The van der Waals surface area contributed by atoms with Gasteiger partial charge in [-0.15, -0.1) is 0 Å². The molecule has 0 saturated carbocycles. The van der Waals surface area contributed by atoms with E-state index >= 15 is 0 Å². The Hall–Kier alpha value is -3.44. The van der Waals surface area contributed by atoms with Crippen LogP contribution < -0.4 is 5.32 Å². The largest absolute Gasteiger partial charge is 0.350 e. The molecule has 0 aromatic heterocycles. The van der Waals surface area contributed by atoms with Crippen molar-refractivity contribution in [1.29, 1.82) is 0 Å². The summed E-state index contributed by atoms with van der Waals surface area (Å²) in [6.45, 7) is 2.12. The molecule has 1 aliphatic heterocycles. The minimum absolute atomic E-state index is 0.157. The van der Waals surface area contributed by atoms with Crippen LogP contribution in [0.25, 0.3) is 5.57 Å². The van der Waals surface area contributed by atoms with E-state index in [0.717, 1.165) is 11.1 Å². The van der Waals surface area contributed by atoms with Crippen LogP contribution in [0.3, 0.4) is 0 Å². The Kier molecular flexibility index (Phi) is 5.87. The van der Waals surface area contributed by atoms with Crippen LogP contribution in [0.2, 0.25) is 5.02 Å². The van der Waals surface area contributed by atoms with Crippen molar-refractivity contribution in [2.24, 2.45) is 0 Å². The molecule has 0 saturated heterocycles. The lowest BCUT2D eigenvalue weighted by Gasteiger charge is -2.15. The van der Waals surface area contributed by atoms with Crippen LogP contribution in [-0.4, -0.2) is 23.3 Å². The fourth-order valence-electron chi connectivity index (χ4n) is 3.48. The molecule has 0 atom stereocenters. The second kappa shape index (κ2) is 8.74. The first-order valence-electron chi connectivity index (χ1n) is 9.87. The third-order valence-corrected chi connectivity index (χ3v) is 5.62. The van der Waals surface area contributed by atoms with Gasteiger partial charge in [0.1, 0.15) is 11.5 Å². The van der Waals surface area contributed by atoms with Crippen LogP contribution in [-0.2, 0) is 16.0 Å². The van der Waals surface area contributed by atoms with Gasteiger partial charge < -0.3 is 5.32 Å². The first-order valence-corrected chi connectivity index (χ1v) is 10.3. The second-order valence-electron chi connectivity index (χ2n) is 7.34. The average molecular weight is 435 g/mol. The Morgan fingerprint density at radius 3 is 2.32 bits per heavy atom. The number of imide groups is 1. The molecule has 1 N–H and O–H groups in total. The number of rotatable bonds is 6. The summed E-state index contributed by atoms with van der Waals surface area (Å²) in [6, 6.07) is 20.5. The quantitative estimate of drug-likeness (QED) is 0.541. The molecule has 0 fully saturated rings. The Bertz CT molecular complexity index is 1170. The van der Waals surface area contributed by atoms with Gasteiger partial charge in [0.2, 0.25) is 0 Å². The molecule has 0 radical (unpaired) electrons. The highest BCUT2D eigenvalue weighted by Gasteiger charge is 2.39. The van der Waals surface area contributed by atoms with Crippen molar-refractivity contribution in [3.05, 3.63) is 106 Å². The van der Waals surface area contributed by atoms with Gasteiger partial charge in [-0.25, -0.2) is 4.39 Å². The van der Waals surface area contributed by atoms with Crippen molar-refractivity contribution in [2.75, 3.05) is 11.9 Å². The maximum absolute atomic E-state index is 13.5. The van der Waals surface area contributed by atoms with E-state index in [-0.39, 0.29) is 17.8 Å². The van der Waals surface area contributed by atoms with Crippen molar-refractivity contribution in [2.45, 2.75) is 13.3 Å². The Morgan fingerprint density at radius 1 is 0.935 bits per heavy atom. The number of nitrogens with one attached hydrogen (secondary N) is 1. The summed E-state index contributed by atoms with van der Waals surface area (Å²) in [7, 11) is 0. The fourth-order valence-corrected chi connectivity index (χ4v) is 3.66. The lowest BCUT2D eigenvalue weighted by Crippen LogP contribution is -2.34. The number of nitrogens with zero attached hydrogens (tertiary/aromatic N) is 1. The molecule has 0 aliphatic carbocycles. The number of aryl methyl sites for hydroxylation is 1. The zero-order valence-corrected chi connectivity index (χ0v) is 17.6. The summed E-state index contributed by atoms with van der Waals surface area (Å²) < 4.78 is 13.5. The topological polar surface area (TPSA) is 49.4 Å². The van der Waals surface area contributed by atoms with Gasteiger partial charge in [-0.05, 0) is 54.3 Å². The smallest absolute Gasteiger partial charge is 0.278 e. The highest BCUT2D eigenvalue weighted by atomic mass is 35.5. The van der Waals surface area contributed by atoms with Gasteiger partial charge in [-0.2, -0.15) is 0 Å². The third kappa shape index (κ3) is 4.37. The van der Waals surface area contributed by atoms with Gasteiger partial charge >= 0.3 is 0 Å². The number of anilines is 1.